The molecule has 0 bridgehead atoms. The molecule has 0 spiro atoms. The largest absolute Gasteiger partial charge is 1.00 e. The Kier molecular flexibility index (Phi) is 9.01. The van der Waals surface area contributed by atoms with Crippen LogP contribution in [0.15, 0.2) is 45.5 Å². The van der Waals surface area contributed by atoms with Gasteiger partial charge in [0.15, 0.2) is 10.8 Å². The van der Waals surface area contributed by atoms with E-state index in [1.54, 1.807) is 6.20 Å². The van der Waals surface area contributed by atoms with E-state index in [4.69, 9.17) is 5.73 Å². The number of nitrogens with two attached hydrogens (primary N) is 1. The first-order chi connectivity index (χ1) is 15.9. The van der Waals surface area contributed by atoms with E-state index >= 15 is 0 Å². The van der Waals surface area contributed by atoms with Gasteiger partial charge in [0.05, 0.1) is 11.7 Å². The number of nitrogens with one attached hydrogen (secondary N) is 1. The number of pyridine rings is 1. The Balaban J connectivity index is 0.00000324. The molecule has 0 saturated carbocycles. The molecule has 4 rings (SSSR count). The quantitative estimate of drug-likeness (QED) is 0.103. The van der Waals surface area contributed by atoms with Gasteiger partial charge in [0.1, 0.15) is 17.1 Å². The van der Waals surface area contributed by atoms with Gasteiger partial charge in [-0.1, -0.05) is 11.2 Å². The van der Waals surface area contributed by atoms with Crippen molar-refractivity contribution >= 4 is 63.5 Å². The van der Waals surface area contributed by atoms with Crippen LogP contribution in [0.4, 0.5) is 5.13 Å². The first kappa shape index (κ1) is 26.5. The van der Waals surface area contributed by atoms with E-state index in [1.165, 1.54) is 28.9 Å². The number of nitrogens with zero attached hydrogens (tertiary/aromatic N) is 4. The molecule has 2 atom stereocenters. The molecule has 0 radical (unpaired) electrons. The van der Waals surface area contributed by atoms with Crippen LogP contribution in [0, 0.1) is 0 Å². The molecule has 1 saturated heterocycles. The van der Waals surface area contributed by atoms with Crippen LogP contribution in [0.3, 0.4) is 0 Å². The molecular weight excluding hydrogens is 511 g/mol. The number of anilines is 1. The SMILES string of the molecule is Nc1nc(/C(=N/O)C(=O)N[C@@H]2C(=O)N3C(C(=O)[O-])=C(SCCc4ccccn4)CS[C@H]23)cs1.[Na+]. The van der Waals surface area contributed by atoms with Crippen molar-refractivity contribution in [1.29, 1.82) is 0 Å². The topological polar surface area (TPSA) is 174 Å². The summed E-state index contributed by atoms with van der Waals surface area (Å²) >= 11 is 3.73. The van der Waals surface area contributed by atoms with Gasteiger partial charge < -0.3 is 26.2 Å². The maximum absolute atomic E-state index is 12.8. The summed E-state index contributed by atoms with van der Waals surface area (Å²) < 4.78 is 0. The van der Waals surface area contributed by atoms with Gasteiger partial charge >= 0.3 is 29.6 Å². The normalized spacial score (nSPS) is 19.7. The van der Waals surface area contributed by atoms with Crippen LogP contribution >= 0.6 is 34.9 Å². The van der Waals surface area contributed by atoms with Gasteiger partial charge in [-0.25, -0.2) is 4.98 Å². The van der Waals surface area contributed by atoms with Crippen LogP contribution in [-0.4, -0.2) is 66.5 Å². The van der Waals surface area contributed by atoms with Crippen molar-refractivity contribution in [3.63, 3.8) is 0 Å². The molecule has 2 aromatic rings. The molecule has 4 heterocycles. The number of nitrogen functional groups attached to an aromatic ring is 1. The number of amides is 2. The van der Waals surface area contributed by atoms with Crippen molar-refractivity contribution < 1.29 is 54.3 Å². The second kappa shape index (κ2) is 11.6. The molecule has 2 aliphatic heterocycles. The van der Waals surface area contributed by atoms with Crippen molar-refractivity contribution in [2.75, 3.05) is 17.2 Å². The smallest absolute Gasteiger partial charge is 0.543 e. The Morgan fingerprint density at radius 2 is 2.21 bits per heavy atom. The first-order valence-corrected chi connectivity index (χ1v) is 12.5. The average Bonchev–Trinajstić information content (AvgIpc) is 3.23. The minimum absolute atomic E-state index is 0. The van der Waals surface area contributed by atoms with Crippen molar-refractivity contribution in [3.05, 3.63) is 51.8 Å². The first-order valence-electron chi connectivity index (χ1n) is 9.57. The summed E-state index contributed by atoms with van der Waals surface area (Å²) in [4.78, 5) is 47.0. The second-order valence-corrected chi connectivity index (χ2v) is 10.0. The number of carboxylic acids is 1. The molecule has 11 nitrogen and oxygen atoms in total. The molecule has 0 aromatic carbocycles. The number of aliphatic carboxylic acids is 1. The van der Waals surface area contributed by atoms with Crippen LogP contribution in [-0.2, 0) is 20.8 Å². The molecule has 15 heteroatoms. The maximum Gasteiger partial charge on any atom is 1.00 e. The summed E-state index contributed by atoms with van der Waals surface area (Å²) in [7, 11) is 0. The molecule has 2 aliphatic rings. The van der Waals surface area contributed by atoms with Crippen LogP contribution in [0.25, 0.3) is 0 Å². The van der Waals surface area contributed by atoms with Crippen molar-refractivity contribution in [2.24, 2.45) is 5.16 Å². The number of thioether (sulfide) groups is 2. The van der Waals surface area contributed by atoms with E-state index in [9.17, 15) is 24.7 Å². The van der Waals surface area contributed by atoms with Gasteiger partial charge in [-0.15, -0.1) is 34.9 Å². The van der Waals surface area contributed by atoms with E-state index in [0.29, 0.717) is 22.8 Å². The molecule has 2 aromatic heterocycles. The van der Waals surface area contributed by atoms with Crippen molar-refractivity contribution in [3.8, 4) is 0 Å². The molecule has 172 valence electrons. The number of hydrogen-bond donors (Lipinski definition) is 3. The van der Waals surface area contributed by atoms with E-state index < -0.39 is 34.9 Å². The fourth-order valence-corrected chi connectivity index (χ4v) is 6.49. The Bertz CT molecular complexity index is 1160. The number of aromatic nitrogens is 2. The number of β-lactam (4-membered cyclic amide) rings is 1. The second-order valence-electron chi connectivity index (χ2n) is 6.86. The zero-order valence-electron chi connectivity index (χ0n) is 17.8. The van der Waals surface area contributed by atoms with Gasteiger partial charge in [0.25, 0.3) is 11.8 Å². The van der Waals surface area contributed by atoms with Gasteiger partial charge in [-0.05, 0) is 18.6 Å². The van der Waals surface area contributed by atoms with Gasteiger partial charge in [0.2, 0.25) is 0 Å². The van der Waals surface area contributed by atoms with Crippen LogP contribution in [0.1, 0.15) is 11.4 Å². The summed E-state index contributed by atoms with van der Waals surface area (Å²) in [5.74, 6) is -1.92. The number of oxime groups is 1. The number of carbonyl (C=O) groups is 3. The number of hydrogen-bond acceptors (Lipinski definition) is 12. The molecule has 1 fully saturated rings. The number of rotatable bonds is 8. The Morgan fingerprint density at radius 3 is 2.82 bits per heavy atom. The molecule has 0 unspecified atom stereocenters. The number of carboxylic acid groups (broad SMARTS) is 1. The van der Waals surface area contributed by atoms with E-state index in [1.807, 2.05) is 18.2 Å². The summed E-state index contributed by atoms with van der Waals surface area (Å²) in [5.41, 5.74) is 5.93. The van der Waals surface area contributed by atoms with E-state index in [2.05, 4.69) is 20.4 Å². The number of carbonyl (C=O) groups excluding carboxylic acids is 3. The monoisotopic (exact) mass is 528 g/mol. The summed E-state index contributed by atoms with van der Waals surface area (Å²) in [5, 5.41) is 27.5. The van der Waals surface area contributed by atoms with Crippen LogP contribution in [0.2, 0.25) is 0 Å². The predicted molar refractivity (Wildman–Crippen MR) is 122 cm³/mol. The van der Waals surface area contributed by atoms with Gasteiger partial charge in [-0.3, -0.25) is 19.5 Å². The summed E-state index contributed by atoms with van der Waals surface area (Å²) in [6.07, 6.45) is 2.33. The Labute approximate surface area is 228 Å². The standard InChI is InChI=1S/C19H18N6O5S3.Na/c20-19-22-10(7-33-19)12(24-30)15(26)23-13-16(27)25-14(18(28)29)11(8-32-17(13)25)31-6-4-9-3-1-2-5-21-9;/h1-3,5,7,13,17,30H,4,6,8H2,(H2,20,22)(H,23,26)(H,28,29);/q;+1/p-1/b24-12-;/t13-,17-;/m1./s1. The molecular formula is C19H17N6NaO5S3. The Morgan fingerprint density at radius 1 is 1.41 bits per heavy atom. The third-order valence-electron chi connectivity index (χ3n) is 4.85. The van der Waals surface area contributed by atoms with Crippen LogP contribution in [0.5, 0.6) is 0 Å². The Hall–Kier alpha value is -2.10. The predicted octanol–water partition coefficient (Wildman–Crippen LogP) is -3.36. The van der Waals surface area contributed by atoms with Crippen LogP contribution < -0.4 is 45.7 Å². The number of aryl methyl sites for hydroxylation is 1. The molecule has 34 heavy (non-hydrogen) atoms. The minimum Gasteiger partial charge on any atom is -0.543 e. The van der Waals surface area contributed by atoms with E-state index in [0.717, 1.165) is 21.9 Å². The summed E-state index contributed by atoms with van der Waals surface area (Å²) in [6, 6.07) is 4.60. The number of thiazole rings is 1. The zero-order valence-corrected chi connectivity index (χ0v) is 22.3. The maximum atomic E-state index is 12.8. The fourth-order valence-electron chi connectivity index (χ4n) is 3.34. The third kappa shape index (κ3) is 5.42. The van der Waals surface area contributed by atoms with Gasteiger partial charge in [-0.2, -0.15) is 0 Å². The molecule has 2 amide bonds. The average molecular weight is 529 g/mol. The third-order valence-corrected chi connectivity index (χ3v) is 8.08. The zero-order chi connectivity index (χ0) is 23.5. The van der Waals surface area contributed by atoms with Gasteiger partial charge in [0, 0.05) is 33.7 Å². The molecule has 0 aliphatic carbocycles. The van der Waals surface area contributed by atoms with E-state index in [-0.39, 0.29) is 46.1 Å². The number of fused-ring (bicyclic) bond motifs is 1. The van der Waals surface area contributed by atoms with Crippen molar-refractivity contribution in [1.82, 2.24) is 20.2 Å². The van der Waals surface area contributed by atoms with Crippen molar-refractivity contribution in [2.45, 2.75) is 17.8 Å². The molecule has 4 N–H and O–H groups in total. The minimum atomic E-state index is -1.45. The fraction of sp³-hybridized carbons (Fsp3) is 0.263. The summed E-state index contributed by atoms with van der Waals surface area (Å²) in [6.45, 7) is 0.